The number of halogens is 1. The lowest BCUT2D eigenvalue weighted by atomic mass is 9.88. The Morgan fingerprint density at radius 3 is 2.59 bits per heavy atom. The summed E-state index contributed by atoms with van der Waals surface area (Å²) in [5.74, 6) is 1.67. The molecule has 1 aliphatic heterocycles. The molecule has 0 radical (unpaired) electrons. The second kappa shape index (κ2) is 9.58. The predicted octanol–water partition coefficient (Wildman–Crippen LogP) is 4.23. The van der Waals surface area contributed by atoms with Gasteiger partial charge in [-0.15, -0.1) is 0 Å². The van der Waals surface area contributed by atoms with Gasteiger partial charge in [0.2, 0.25) is 5.91 Å². The summed E-state index contributed by atoms with van der Waals surface area (Å²) >= 11 is 6.35. The number of primary amides is 1. The van der Waals surface area contributed by atoms with Crippen molar-refractivity contribution >= 4 is 40.5 Å². The Kier molecular flexibility index (Phi) is 6.62. The van der Waals surface area contributed by atoms with Crippen LogP contribution in [0.15, 0.2) is 36.4 Å². The highest BCUT2D eigenvalue weighted by Gasteiger charge is 2.23. The van der Waals surface area contributed by atoms with E-state index < -0.39 is 0 Å². The third kappa shape index (κ3) is 5.38. The Labute approximate surface area is 192 Å². The summed E-state index contributed by atoms with van der Waals surface area (Å²) in [6.45, 7) is 6.08. The van der Waals surface area contributed by atoms with E-state index in [1.54, 1.807) is 0 Å². The van der Waals surface area contributed by atoms with Crippen LogP contribution in [0.3, 0.4) is 0 Å². The smallest absolute Gasteiger partial charge is 0.231 e. The van der Waals surface area contributed by atoms with Crippen LogP contribution in [0.4, 0.5) is 23.0 Å². The molecule has 3 aromatic rings. The SMILES string of the molecule is Cc1cc(Nc2cc(Nc3ccc(C4CCN(CC(N)=O)CC4)c(C)n3)ccc2Cl)n[nH]1. The molecular formula is C23H28ClN7O. The molecule has 0 aliphatic carbocycles. The standard InChI is InChI=1S/C23H28ClN7O/c1-14-11-23(30-29-14)28-20-12-17(3-5-19(20)24)27-22-6-4-18(15(2)26-22)16-7-9-31(10-8-16)13-21(25)32/h3-6,11-12,16H,7-10,13H2,1-2H3,(H2,25,32)(H,26,27)(H2,28,29,30). The average Bonchev–Trinajstić information content (AvgIpc) is 3.16. The van der Waals surface area contributed by atoms with Crippen LogP contribution in [0.5, 0.6) is 0 Å². The van der Waals surface area contributed by atoms with Gasteiger partial charge in [-0.05, 0) is 75.5 Å². The maximum Gasteiger partial charge on any atom is 0.231 e. The highest BCUT2D eigenvalue weighted by atomic mass is 35.5. The molecule has 5 N–H and O–H groups in total. The lowest BCUT2D eigenvalue weighted by molar-refractivity contribution is -0.119. The van der Waals surface area contributed by atoms with Crippen LogP contribution >= 0.6 is 11.6 Å². The van der Waals surface area contributed by atoms with E-state index in [0.29, 0.717) is 23.3 Å². The van der Waals surface area contributed by atoms with Crippen LogP contribution < -0.4 is 16.4 Å². The van der Waals surface area contributed by atoms with E-state index >= 15 is 0 Å². The number of anilines is 4. The quantitative estimate of drug-likeness (QED) is 0.426. The molecule has 168 valence electrons. The number of likely N-dealkylation sites (tertiary alicyclic amines) is 1. The van der Waals surface area contributed by atoms with Crippen LogP contribution in [-0.4, -0.2) is 45.6 Å². The third-order valence-electron chi connectivity index (χ3n) is 5.74. The van der Waals surface area contributed by atoms with Gasteiger partial charge in [0.05, 0.1) is 17.3 Å². The molecule has 0 atom stereocenters. The number of rotatable bonds is 7. The molecule has 0 bridgehead atoms. The lowest BCUT2D eigenvalue weighted by Crippen LogP contribution is -2.39. The minimum atomic E-state index is -0.267. The Morgan fingerprint density at radius 2 is 1.94 bits per heavy atom. The van der Waals surface area contributed by atoms with E-state index in [1.165, 1.54) is 5.56 Å². The predicted molar refractivity (Wildman–Crippen MR) is 128 cm³/mol. The van der Waals surface area contributed by atoms with Crippen molar-refractivity contribution in [3.63, 3.8) is 0 Å². The summed E-state index contributed by atoms with van der Waals surface area (Å²) in [4.78, 5) is 18.0. The van der Waals surface area contributed by atoms with E-state index in [9.17, 15) is 4.79 Å². The highest BCUT2D eigenvalue weighted by Crippen LogP contribution is 2.32. The van der Waals surface area contributed by atoms with Gasteiger partial charge in [0.25, 0.3) is 0 Å². The first-order valence-corrected chi connectivity index (χ1v) is 11.1. The number of carbonyl (C=O) groups is 1. The maximum atomic E-state index is 11.1. The van der Waals surface area contributed by atoms with Crippen molar-refractivity contribution in [3.05, 3.63) is 58.4 Å². The van der Waals surface area contributed by atoms with Crippen molar-refractivity contribution < 1.29 is 4.79 Å². The van der Waals surface area contributed by atoms with Gasteiger partial charge >= 0.3 is 0 Å². The number of benzene rings is 1. The van der Waals surface area contributed by atoms with Gasteiger partial charge in [0.1, 0.15) is 5.82 Å². The number of H-pyrrole nitrogens is 1. The molecule has 0 spiro atoms. The first-order valence-electron chi connectivity index (χ1n) is 10.7. The third-order valence-corrected chi connectivity index (χ3v) is 6.07. The highest BCUT2D eigenvalue weighted by molar-refractivity contribution is 6.33. The molecule has 1 fully saturated rings. The van der Waals surface area contributed by atoms with E-state index in [1.807, 2.05) is 44.2 Å². The fourth-order valence-corrected chi connectivity index (χ4v) is 4.33. The molecule has 1 aromatic carbocycles. The summed E-state index contributed by atoms with van der Waals surface area (Å²) in [6, 6.07) is 11.8. The van der Waals surface area contributed by atoms with Crippen LogP contribution in [0, 0.1) is 13.8 Å². The number of piperidine rings is 1. The van der Waals surface area contributed by atoms with E-state index in [-0.39, 0.29) is 5.91 Å². The number of aromatic amines is 1. The van der Waals surface area contributed by atoms with Crippen LogP contribution in [0.25, 0.3) is 0 Å². The molecule has 3 heterocycles. The van der Waals surface area contributed by atoms with Gasteiger partial charge < -0.3 is 16.4 Å². The van der Waals surface area contributed by atoms with Crippen LogP contribution in [0.1, 0.15) is 35.7 Å². The number of hydrogen-bond donors (Lipinski definition) is 4. The number of nitrogens with zero attached hydrogens (tertiary/aromatic N) is 3. The van der Waals surface area contributed by atoms with Gasteiger partial charge in [0.15, 0.2) is 5.82 Å². The number of amides is 1. The number of nitrogens with one attached hydrogen (secondary N) is 3. The van der Waals surface area contributed by atoms with Gasteiger partial charge in [0, 0.05) is 23.1 Å². The number of nitrogens with two attached hydrogens (primary N) is 1. The summed E-state index contributed by atoms with van der Waals surface area (Å²) in [6.07, 6.45) is 2.00. The first kappa shape index (κ1) is 22.1. The molecule has 32 heavy (non-hydrogen) atoms. The maximum absolute atomic E-state index is 11.1. The molecule has 1 saturated heterocycles. The molecular weight excluding hydrogens is 426 g/mol. The number of aromatic nitrogens is 3. The number of pyridine rings is 1. The molecule has 9 heteroatoms. The van der Waals surface area contributed by atoms with E-state index in [0.717, 1.165) is 54.5 Å². The summed E-state index contributed by atoms with van der Waals surface area (Å²) in [7, 11) is 0. The Balaban J connectivity index is 1.43. The minimum Gasteiger partial charge on any atom is -0.369 e. The second-order valence-electron chi connectivity index (χ2n) is 8.27. The molecule has 1 aliphatic rings. The van der Waals surface area contributed by atoms with Crippen molar-refractivity contribution in [1.82, 2.24) is 20.1 Å². The second-order valence-corrected chi connectivity index (χ2v) is 8.68. The lowest BCUT2D eigenvalue weighted by Gasteiger charge is -2.31. The molecule has 8 nitrogen and oxygen atoms in total. The van der Waals surface area contributed by atoms with Crippen molar-refractivity contribution in [2.24, 2.45) is 5.73 Å². The zero-order valence-corrected chi connectivity index (χ0v) is 19.0. The molecule has 0 saturated carbocycles. The molecule has 2 aromatic heterocycles. The van der Waals surface area contributed by atoms with Crippen molar-refractivity contribution in [3.8, 4) is 0 Å². The number of hydrogen-bond acceptors (Lipinski definition) is 6. The van der Waals surface area contributed by atoms with Crippen molar-refractivity contribution in [2.45, 2.75) is 32.6 Å². The fraction of sp³-hybridized carbons (Fsp3) is 0.348. The Bertz CT molecular complexity index is 1110. The number of aryl methyl sites for hydroxylation is 2. The summed E-state index contributed by atoms with van der Waals surface area (Å²) < 4.78 is 0. The monoisotopic (exact) mass is 453 g/mol. The molecule has 1 amide bonds. The van der Waals surface area contributed by atoms with Gasteiger partial charge in [-0.3, -0.25) is 14.8 Å². The average molecular weight is 454 g/mol. The van der Waals surface area contributed by atoms with Gasteiger partial charge in [-0.2, -0.15) is 5.10 Å². The van der Waals surface area contributed by atoms with Crippen molar-refractivity contribution in [2.75, 3.05) is 30.3 Å². The van der Waals surface area contributed by atoms with E-state index in [2.05, 4.69) is 31.8 Å². The minimum absolute atomic E-state index is 0.267. The van der Waals surface area contributed by atoms with Crippen LogP contribution in [-0.2, 0) is 4.79 Å². The zero-order chi connectivity index (χ0) is 22.7. The van der Waals surface area contributed by atoms with E-state index in [4.69, 9.17) is 22.3 Å². The normalized spacial score (nSPS) is 15.0. The van der Waals surface area contributed by atoms with Crippen molar-refractivity contribution in [1.29, 1.82) is 0 Å². The largest absolute Gasteiger partial charge is 0.369 e. The molecule has 4 rings (SSSR count). The summed E-state index contributed by atoms with van der Waals surface area (Å²) in [5.41, 5.74) is 10.2. The summed E-state index contributed by atoms with van der Waals surface area (Å²) in [5, 5.41) is 14.3. The zero-order valence-electron chi connectivity index (χ0n) is 18.3. The van der Waals surface area contributed by atoms with Gasteiger partial charge in [-0.1, -0.05) is 17.7 Å². The Hall–Kier alpha value is -3.10. The topological polar surface area (TPSA) is 112 Å². The molecule has 0 unspecified atom stereocenters. The first-order chi connectivity index (χ1) is 15.4. The number of carbonyl (C=O) groups excluding carboxylic acids is 1. The Morgan fingerprint density at radius 1 is 1.16 bits per heavy atom. The fourth-order valence-electron chi connectivity index (χ4n) is 4.16. The van der Waals surface area contributed by atoms with Gasteiger partial charge in [-0.25, -0.2) is 4.98 Å². The van der Waals surface area contributed by atoms with Crippen LogP contribution in [0.2, 0.25) is 5.02 Å².